The van der Waals surface area contributed by atoms with Crippen molar-refractivity contribution in [1.82, 2.24) is 14.6 Å². The standard InChI is InChI=1S/C20H29N7O3/c1-10-8-25(9-14(10)15(21)7-24-19(22)29)16-6-5-13-17(11(16)2)26(12-3-4-12)20(30)27(23)18(13)28/h5-6,10,12,14-15H,3-4,7-9,21,23H2,1-2H3,(H3,22,24,29)/t10-,14+,15?/m1/s1. The van der Waals surface area contributed by atoms with Gasteiger partial charge in [0, 0.05) is 37.4 Å². The molecule has 0 radical (unpaired) electrons. The Hall–Kier alpha value is -3.01. The largest absolute Gasteiger partial charge is 0.371 e. The molecule has 1 aromatic carbocycles. The number of hydrogen-bond acceptors (Lipinski definition) is 6. The average molecular weight is 415 g/mol. The van der Waals surface area contributed by atoms with Crippen molar-refractivity contribution in [1.29, 1.82) is 0 Å². The van der Waals surface area contributed by atoms with E-state index in [-0.39, 0.29) is 18.0 Å². The number of urea groups is 1. The number of nitrogens with one attached hydrogen (secondary N) is 1. The summed E-state index contributed by atoms with van der Waals surface area (Å²) in [7, 11) is 0. The number of rotatable bonds is 5. The maximum Gasteiger partial charge on any atom is 0.350 e. The number of anilines is 1. The van der Waals surface area contributed by atoms with Gasteiger partial charge in [-0.05, 0) is 49.3 Å². The first-order chi connectivity index (χ1) is 14.2. The second kappa shape index (κ2) is 7.35. The van der Waals surface area contributed by atoms with Crippen molar-refractivity contribution in [2.75, 3.05) is 30.4 Å². The Labute approximate surface area is 173 Å². The maximum absolute atomic E-state index is 12.7. The normalized spacial score (nSPS) is 22.4. The number of benzene rings is 1. The van der Waals surface area contributed by atoms with Crippen LogP contribution in [0.25, 0.3) is 10.9 Å². The lowest BCUT2D eigenvalue weighted by atomic mass is 9.91. The number of nitrogen functional groups attached to an aromatic ring is 1. The third kappa shape index (κ3) is 3.30. The first kappa shape index (κ1) is 20.3. The number of nitrogens with two attached hydrogens (primary N) is 3. The Bertz CT molecular complexity index is 1120. The minimum atomic E-state index is -0.582. The molecule has 2 fully saturated rings. The second-order valence-corrected chi connectivity index (χ2v) is 8.62. The lowest BCUT2D eigenvalue weighted by Crippen LogP contribution is -2.46. The molecular formula is C20H29N7O3. The summed E-state index contributed by atoms with van der Waals surface area (Å²) < 4.78 is 2.38. The van der Waals surface area contributed by atoms with Crippen LogP contribution < -0.4 is 38.8 Å². The van der Waals surface area contributed by atoms with Gasteiger partial charge in [-0.3, -0.25) is 9.36 Å². The van der Waals surface area contributed by atoms with Crippen molar-refractivity contribution in [3.05, 3.63) is 38.5 Å². The van der Waals surface area contributed by atoms with Crippen LogP contribution in [-0.2, 0) is 0 Å². The topological polar surface area (TPSA) is 154 Å². The van der Waals surface area contributed by atoms with Gasteiger partial charge in [0.25, 0.3) is 5.56 Å². The van der Waals surface area contributed by atoms with Gasteiger partial charge in [-0.25, -0.2) is 9.59 Å². The molecule has 4 rings (SSSR count). The van der Waals surface area contributed by atoms with Crippen LogP contribution in [0.3, 0.4) is 0 Å². The highest BCUT2D eigenvalue weighted by Gasteiger charge is 2.35. The van der Waals surface area contributed by atoms with E-state index >= 15 is 0 Å². The number of fused-ring (bicyclic) bond motifs is 1. The fourth-order valence-electron chi connectivity index (χ4n) is 4.73. The molecule has 1 unspecified atom stereocenters. The van der Waals surface area contributed by atoms with Gasteiger partial charge in [-0.1, -0.05) is 6.92 Å². The molecule has 30 heavy (non-hydrogen) atoms. The second-order valence-electron chi connectivity index (χ2n) is 8.62. The van der Waals surface area contributed by atoms with Crippen LogP contribution in [-0.4, -0.2) is 41.0 Å². The van der Waals surface area contributed by atoms with E-state index in [1.54, 1.807) is 10.6 Å². The third-order valence-electron chi connectivity index (χ3n) is 6.49. The fraction of sp³-hybridized carbons (Fsp3) is 0.550. The molecule has 1 aromatic heterocycles. The summed E-state index contributed by atoms with van der Waals surface area (Å²) >= 11 is 0. The molecule has 162 valence electrons. The molecule has 1 saturated carbocycles. The van der Waals surface area contributed by atoms with Crippen molar-refractivity contribution in [3.63, 3.8) is 0 Å². The number of hydrogen-bond donors (Lipinski definition) is 4. The molecule has 7 N–H and O–H groups in total. The SMILES string of the molecule is Cc1c(N2C[C@@H](C)[C@@H](C(N)CNC(N)=O)C2)ccc2c(=O)n(N)c(=O)n(C3CC3)c12. The molecular weight excluding hydrogens is 386 g/mol. The smallest absolute Gasteiger partial charge is 0.350 e. The first-order valence-corrected chi connectivity index (χ1v) is 10.3. The zero-order chi connectivity index (χ0) is 21.7. The lowest BCUT2D eigenvalue weighted by molar-refractivity contribution is 0.246. The number of amides is 2. The summed E-state index contributed by atoms with van der Waals surface area (Å²) in [5, 5.41) is 3.04. The molecule has 1 aliphatic carbocycles. The van der Waals surface area contributed by atoms with Crippen LogP contribution in [0.4, 0.5) is 10.5 Å². The molecule has 1 aliphatic heterocycles. The molecule has 0 spiro atoms. The molecule has 1 saturated heterocycles. The van der Waals surface area contributed by atoms with Crippen LogP contribution in [0.1, 0.15) is 31.4 Å². The first-order valence-electron chi connectivity index (χ1n) is 10.3. The van der Waals surface area contributed by atoms with Crippen molar-refractivity contribution >= 4 is 22.6 Å². The van der Waals surface area contributed by atoms with E-state index in [2.05, 4.69) is 17.1 Å². The highest BCUT2D eigenvalue weighted by molar-refractivity contribution is 5.87. The predicted molar refractivity (Wildman–Crippen MR) is 116 cm³/mol. The molecule has 2 amide bonds. The van der Waals surface area contributed by atoms with Gasteiger partial charge < -0.3 is 27.5 Å². The summed E-state index contributed by atoms with van der Waals surface area (Å²) in [5.41, 5.74) is 13.1. The van der Waals surface area contributed by atoms with Crippen molar-refractivity contribution in [2.45, 2.75) is 38.8 Å². The Morgan fingerprint density at radius 1 is 1.27 bits per heavy atom. The van der Waals surface area contributed by atoms with Gasteiger partial charge in [-0.2, -0.15) is 4.68 Å². The fourth-order valence-corrected chi connectivity index (χ4v) is 4.73. The summed E-state index contributed by atoms with van der Waals surface area (Å²) in [6.07, 6.45) is 1.81. The van der Waals surface area contributed by atoms with E-state index in [1.165, 1.54) is 0 Å². The number of aryl methyl sites for hydroxylation is 1. The van der Waals surface area contributed by atoms with Gasteiger partial charge in [0.2, 0.25) is 0 Å². The highest BCUT2D eigenvalue weighted by Crippen LogP contribution is 2.38. The quantitative estimate of drug-likeness (QED) is 0.487. The Morgan fingerprint density at radius 2 is 1.97 bits per heavy atom. The summed E-state index contributed by atoms with van der Waals surface area (Å²) in [6.45, 7) is 5.92. The van der Waals surface area contributed by atoms with Gasteiger partial charge in [0.05, 0.1) is 10.9 Å². The summed E-state index contributed by atoms with van der Waals surface area (Å²) in [4.78, 5) is 38.6. The van der Waals surface area contributed by atoms with Crippen LogP contribution >= 0.6 is 0 Å². The van der Waals surface area contributed by atoms with Crippen molar-refractivity contribution < 1.29 is 4.79 Å². The molecule has 2 aromatic rings. The number of carbonyl (C=O) groups excluding carboxylic acids is 1. The Morgan fingerprint density at radius 3 is 2.60 bits per heavy atom. The molecule has 0 bridgehead atoms. The number of carbonyl (C=O) groups is 1. The zero-order valence-corrected chi connectivity index (χ0v) is 17.3. The minimum Gasteiger partial charge on any atom is -0.371 e. The molecule has 3 atom stereocenters. The Kier molecular flexibility index (Phi) is 4.97. The van der Waals surface area contributed by atoms with Gasteiger partial charge in [0.15, 0.2) is 0 Å². The summed E-state index contributed by atoms with van der Waals surface area (Å²) in [6, 6.07) is 2.97. The summed E-state index contributed by atoms with van der Waals surface area (Å²) in [5.74, 6) is 6.24. The van der Waals surface area contributed by atoms with Crippen LogP contribution in [0.2, 0.25) is 0 Å². The third-order valence-corrected chi connectivity index (χ3v) is 6.49. The van der Waals surface area contributed by atoms with E-state index in [0.717, 1.165) is 37.2 Å². The van der Waals surface area contributed by atoms with E-state index in [4.69, 9.17) is 17.3 Å². The van der Waals surface area contributed by atoms with Crippen LogP contribution in [0.5, 0.6) is 0 Å². The number of primary amides is 1. The molecule has 2 heterocycles. The molecule has 10 nitrogen and oxygen atoms in total. The molecule has 2 aliphatic rings. The van der Waals surface area contributed by atoms with Crippen molar-refractivity contribution in [3.8, 4) is 0 Å². The van der Waals surface area contributed by atoms with Gasteiger partial charge in [0.1, 0.15) is 0 Å². The van der Waals surface area contributed by atoms with E-state index < -0.39 is 17.3 Å². The Balaban J connectivity index is 1.72. The highest BCUT2D eigenvalue weighted by atomic mass is 16.2. The van der Waals surface area contributed by atoms with Gasteiger partial charge in [-0.15, -0.1) is 0 Å². The van der Waals surface area contributed by atoms with E-state index in [1.807, 2.05) is 13.0 Å². The average Bonchev–Trinajstić information content (AvgIpc) is 3.46. The van der Waals surface area contributed by atoms with E-state index in [0.29, 0.717) is 28.0 Å². The molecule has 10 heteroatoms. The van der Waals surface area contributed by atoms with E-state index in [9.17, 15) is 14.4 Å². The maximum atomic E-state index is 12.7. The van der Waals surface area contributed by atoms with Crippen molar-refractivity contribution in [2.24, 2.45) is 23.3 Å². The lowest BCUT2D eigenvalue weighted by Gasteiger charge is -2.25. The van der Waals surface area contributed by atoms with Crippen LogP contribution in [0, 0.1) is 18.8 Å². The number of nitrogens with zero attached hydrogens (tertiary/aromatic N) is 3. The zero-order valence-electron chi connectivity index (χ0n) is 17.3. The van der Waals surface area contributed by atoms with Gasteiger partial charge >= 0.3 is 11.7 Å². The predicted octanol–water partition coefficient (Wildman–Crippen LogP) is -0.412. The van der Waals surface area contributed by atoms with Crippen LogP contribution in [0.15, 0.2) is 21.7 Å². The monoisotopic (exact) mass is 415 g/mol. The minimum absolute atomic E-state index is 0.0860. The number of aromatic nitrogens is 2.